The molecular weight excluding hydrogens is 428 g/mol. The molecule has 1 aliphatic heterocycles. The van der Waals surface area contributed by atoms with Crippen LogP contribution in [0.25, 0.3) is 0 Å². The van der Waals surface area contributed by atoms with E-state index in [4.69, 9.17) is 16.7 Å². The molecule has 0 radical (unpaired) electrons. The van der Waals surface area contributed by atoms with Crippen LogP contribution in [0.3, 0.4) is 0 Å². The number of benzene rings is 1. The SMILES string of the molecule is CCCC1=NC(C)=CCC1.CCNC(=O)c1ccc(N(N)/C=C(/C)N)cc1.CNC1CC1.CO. The Morgan fingerprint density at radius 3 is 2.26 bits per heavy atom. The summed E-state index contributed by atoms with van der Waals surface area (Å²) >= 11 is 0. The van der Waals surface area contributed by atoms with Crippen LogP contribution >= 0.6 is 0 Å². The summed E-state index contributed by atoms with van der Waals surface area (Å²) < 4.78 is 0. The van der Waals surface area contributed by atoms with Crippen molar-refractivity contribution in [1.82, 2.24) is 10.6 Å². The molecule has 1 heterocycles. The van der Waals surface area contributed by atoms with Gasteiger partial charge in [-0.05, 0) is 84.2 Å². The van der Waals surface area contributed by atoms with E-state index in [2.05, 4.69) is 35.5 Å². The molecule has 0 saturated heterocycles. The number of hydrogen-bond acceptors (Lipinski definition) is 7. The minimum atomic E-state index is -0.0897. The Kier molecular flexibility index (Phi) is 17.2. The van der Waals surface area contributed by atoms with Crippen LogP contribution < -0.4 is 27.2 Å². The molecule has 34 heavy (non-hydrogen) atoms. The van der Waals surface area contributed by atoms with Crippen molar-refractivity contribution in [2.24, 2.45) is 16.6 Å². The zero-order chi connectivity index (χ0) is 25.9. The van der Waals surface area contributed by atoms with E-state index in [0.717, 1.165) is 18.8 Å². The summed E-state index contributed by atoms with van der Waals surface area (Å²) in [6.07, 6.45) is 11.4. The van der Waals surface area contributed by atoms with E-state index in [1.807, 2.05) is 14.0 Å². The number of nitrogens with two attached hydrogens (primary N) is 2. The second kappa shape index (κ2) is 18.7. The molecule has 1 amide bonds. The van der Waals surface area contributed by atoms with Crippen LogP contribution in [-0.2, 0) is 0 Å². The molecule has 1 saturated carbocycles. The summed E-state index contributed by atoms with van der Waals surface area (Å²) in [4.78, 5) is 16.0. The van der Waals surface area contributed by atoms with Gasteiger partial charge in [-0.2, -0.15) is 0 Å². The largest absolute Gasteiger partial charge is 0.401 e. The predicted molar refractivity (Wildman–Crippen MR) is 145 cm³/mol. The first-order chi connectivity index (χ1) is 16.3. The monoisotopic (exact) mass is 474 g/mol. The third-order valence-electron chi connectivity index (χ3n) is 4.84. The number of carbonyl (C=O) groups excluding carboxylic acids is 1. The molecule has 8 nitrogen and oxygen atoms in total. The number of allylic oxidation sites excluding steroid dienone is 3. The van der Waals surface area contributed by atoms with Gasteiger partial charge in [-0.1, -0.05) is 19.4 Å². The van der Waals surface area contributed by atoms with Crippen molar-refractivity contribution in [2.75, 3.05) is 25.7 Å². The van der Waals surface area contributed by atoms with E-state index in [9.17, 15) is 4.79 Å². The zero-order valence-electron chi connectivity index (χ0n) is 21.9. The zero-order valence-corrected chi connectivity index (χ0v) is 21.9. The molecule has 1 aromatic carbocycles. The Bertz CT molecular complexity index is 779. The summed E-state index contributed by atoms with van der Waals surface area (Å²) in [5.41, 5.74) is 10.1. The molecule has 8 heteroatoms. The van der Waals surface area contributed by atoms with Gasteiger partial charge in [-0.15, -0.1) is 0 Å². The van der Waals surface area contributed by atoms with Crippen LogP contribution in [-0.4, -0.2) is 43.5 Å². The average molecular weight is 475 g/mol. The number of aliphatic hydroxyl groups is 1. The molecule has 3 rings (SSSR count). The van der Waals surface area contributed by atoms with Gasteiger partial charge in [0.2, 0.25) is 0 Å². The molecule has 0 atom stereocenters. The number of carbonyl (C=O) groups is 1. The van der Waals surface area contributed by atoms with Gasteiger partial charge in [0.05, 0.1) is 5.69 Å². The highest BCUT2D eigenvalue weighted by Crippen LogP contribution is 2.17. The van der Waals surface area contributed by atoms with Crippen molar-refractivity contribution >= 4 is 17.3 Å². The molecule has 2 aliphatic rings. The second-order valence-corrected chi connectivity index (χ2v) is 8.06. The van der Waals surface area contributed by atoms with Crippen LogP contribution in [0.15, 0.2) is 52.9 Å². The minimum absolute atomic E-state index is 0.0897. The number of rotatable bonds is 7. The Labute approximate surface area is 206 Å². The Balaban J connectivity index is 0.000000535. The molecule has 1 fully saturated rings. The van der Waals surface area contributed by atoms with E-state index < -0.39 is 0 Å². The van der Waals surface area contributed by atoms with Gasteiger partial charge >= 0.3 is 0 Å². The highest BCUT2D eigenvalue weighted by molar-refractivity contribution is 5.94. The van der Waals surface area contributed by atoms with Gasteiger partial charge in [0.25, 0.3) is 5.91 Å². The van der Waals surface area contributed by atoms with Gasteiger partial charge in [-0.3, -0.25) is 14.8 Å². The van der Waals surface area contributed by atoms with Crippen molar-refractivity contribution in [1.29, 1.82) is 0 Å². The molecule has 0 unspecified atom stereocenters. The lowest BCUT2D eigenvalue weighted by atomic mass is 10.1. The molecule has 0 spiro atoms. The fourth-order valence-electron chi connectivity index (χ4n) is 2.98. The summed E-state index contributed by atoms with van der Waals surface area (Å²) in [6.45, 7) is 8.52. The lowest BCUT2D eigenvalue weighted by Gasteiger charge is -2.14. The first kappa shape index (κ1) is 31.3. The minimum Gasteiger partial charge on any atom is -0.401 e. The fraction of sp³-hybridized carbons (Fsp3) is 0.538. The summed E-state index contributed by atoms with van der Waals surface area (Å²) in [5, 5.41) is 14.3. The smallest absolute Gasteiger partial charge is 0.251 e. The van der Waals surface area contributed by atoms with Crippen molar-refractivity contribution in [3.05, 3.63) is 53.5 Å². The third-order valence-corrected chi connectivity index (χ3v) is 4.84. The lowest BCUT2D eigenvalue weighted by Crippen LogP contribution is -2.26. The number of anilines is 1. The number of aliphatic imine (C=N–C) groups is 1. The number of amides is 1. The Morgan fingerprint density at radius 2 is 1.85 bits per heavy atom. The van der Waals surface area contributed by atoms with Crippen molar-refractivity contribution < 1.29 is 9.90 Å². The van der Waals surface area contributed by atoms with Crippen molar-refractivity contribution in [3.8, 4) is 0 Å². The van der Waals surface area contributed by atoms with Crippen molar-refractivity contribution in [3.63, 3.8) is 0 Å². The maximum atomic E-state index is 11.5. The molecule has 0 aromatic heterocycles. The highest BCUT2D eigenvalue weighted by Gasteiger charge is 2.17. The van der Waals surface area contributed by atoms with E-state index in [1.165, 1.54) is 54.9 Å². The number of nitrogens with zero attached hydrogens (tertiary/aromatic N) is 2. The first-order valence-electron chi connectivity index (χ1n) is 12.0. The number of hydrogen-bond donors (Lipinski definition) is 5. The number of aliphatic hydroxyl groups excluding tert-OH is 1. The standard InChI is InChI=1S/C12H18N4O.C9H15N.C4H9N.CH4O/c1-3-15-12(17)10-4-6-11(7-5-10)16(14)8-9(2)13;1-3-5-9-7-4-6-8(2)10-9;1-5-4-2-3-4;1-2/h4-8H,3,13-14H2,1-2H3,(H,15,17);6H,3-5,7H2,1-2H3;4-5H,2-3H2,1H3;2H,1H3/b9-8-;;;. The van der Waals surface area contributed by atoms with Crippen LogP contribution in [0.2, 0.25) is 0 Å². The van der Waals surface area contributed by atoms with Crippen LogP contribution in [0.1, 0.15) is 76.6 Å². The van der Waals surface area contributed by atoms with Crippen LogP contribution in [0.5, 0.6) is 0 Å². The molecule has 0 bridgehead atoms. The summed E-state index contributed by atoms with van der Waals surface area (Å²) in [6, 6.07) is 7.86. The van der Waals surface area contributed by atoms with Crippen LogP contribution in [0, 0.1) is 0 Å². The Morgan fingerprint density at radius 1 is 1.24 bits per heavy atom. The third kappa shape index (κ3) is 14.5. The summed E-state index contributed by atoms with van der Waals surface area (Å²) in [7, 11) is 3.01. The first-order valence-corrected chi connectivity index (χ1v) is 12.0. The van der Waals surface area contributed by atoms with E-state index in [1.54, 1.807) is 37.4 Å². The van der Waals surface area contributed by atoms with Gasteiger partial charge < -0.3 is 21.5 Å². The fourth-order valence-corrected chi connectivity index (χ4v) is 2.98. The van der Waals surface area contributed by atoms with Crippen LogP contribution in [0.4, 0.5) is 5.69 Å². The molecule has 1 aliphatic carbocycles. The molecule has 192 valence electrons. The predicted octanol–water partition coefficient (Wildman–Crippen LogP) is 3.84. The average Bonchev–Trinajstić information content (AvgIpc) is 3.66. The normalized spacial score (nSPS) is 14.5. The van der Waals surface area contributed by atoms with Crippen molar-refractivity contribution in [2.45, 2.75) is 72.3 Å². The molecule has 7 N–H and O–H groups in total. The molecular formula is C26H46N6O2. The summed E-state index contributed by atoms with van der Waals surface area (Å²) in [5.74, 6) is 5.67. The van der Waals surface area contributed by atoms with E-state index in [0.29, 0.717) is 17.8 Å². The maximum absolute atomic E-state index is 11.5. The Hall–Kier alpha value is -2.68. The maximum Gasteiger partial charge on any atom is 0.251 e. The number of nitrogens with one attached hydrogen (secondary N) is 2. The number of hydrazine groups is 1. The van der Waals surface area contributed by atoms with E-state index in [-0.39, 0.29) is 5.91 Å². The molecule has 1 aromatic rings. The van der Waals surface area contributed by atoms with Gasteiger partial charge in [0.1, 0.15) is 0 Å². The lowest BCUT2D eigenvalue weighted by molar-refractivity contribution is 0.0956. The highest BCUT2D eigenvalue weighted by atomic mass is 16.2. The quantitative estimate of drug-likeness (QED) is 0.302. The van der Waals surface area contributed by atoms with Gasteiger partial charge in [0, 0.05) is 48.6 Å². The topological polar surface area (TPSA) is 129 Å². The van der Waals surface area contributed by atoms with Gasteiger partial charge in [0.15, 0.2) is 0 Å². The second-order valence-electron chi connectivity index (χ2n) is 8.06. The van der Waals surface area contributed by atoms with E-state index >= 15 is 0 Å². The van der Waals surface area contributed by atoms with Gasteiger partial charge in [-0.25, -0.2) is 5.84 Å².